The van der Waals surface area contributed by atoms with Gasteiger partial charge in [0.2, 0.25) is 6.29 Å². The van der Waals surface area contributed by atoms with Crippen LogP contribution in [0.2, 0.25) is 0 Å². The number of hydrogen-bond acceptors (Lipinski definition) is 11. The van der Waals surface area contributed by atoms with E-state index in [1.165, 1.54) is 0 Å². The van der Waals surface area contributed by atoms with E-state index in [0.29, 0.717) is 12.4 Å². The number of hydrogen-bond donors (Lipinski definition) is 0. The maximum absolute atomic E-state index is 6.80. The van der Waals surface area contributed by atoms with Crippen molar-refractivity contribution in [2.45, 2.75) is 121 Å². The summed E-state index contributed by atoms with van der Waals surface area (Å²) in [6.45, 7) is 15.8. The van der Waals surface area contributed by atoms with Crippen molar-refractivity contribution in [1.29, 1.82) is 0 Å². The molecule has 4 aliphatic heterocycles. The molecule has 41 heavy (non-hydrogen) atoms. The van der Waals surface area contributed by atoms with E-state index in [4.69, 9.17) is 52.1 Å². The average Bonchev–Trinajstić information content (AvgIpc) is 3.54. The smallest absolute Gasteiger partial charge is 0.229 e. The van der Waals surface area contributed by atoms with Gasteiger partial charge >= 0.3 is 0 Å². The minimum atomic E-state index is -0.946. The molecular weight excluding hydrogens is 536 g/mol. The molecule has 4 saturated heterocycles. The van der Waals surface area contributed by atoms with Crippen LogP contribution in [0.5, 0.6) is 0 Å². The lowest BCUT2D eigenvalue weighted by molar-refractivity contribution is -0.289. The molecule has 4 aliphatic rings. The lowest BCUT2D eigenvalue weighted by Crippen LogP contribution is -2.58. The highest BCUT2D eigenvalue weighted by Crippen LogP contribution is 2.43. The second-order valence-electron chi connectivity index (χ2n) is 12.1. The van der Waals surface area contributed by atoms with Crippen molar-refractivity contribution in [3.63, 3.8) is 0 Å². The van der Waals surface area contributed by atoms with E-state index >= 15 is 0 Å². The predicted octanol–water partition coefficient (Wildman–Crippen LogP) is 3.64. The van der Waals surface area contributed by atoms with E-state index < -0.39 is 72.7 Å². The van der Waals surface area contributed by atoms with Crippen molar-refractivity contribution in [1.82, 2.24) is 0 Å². The van der Waals surface area contributed by atoms with Crippen LogP contribution in [-0.2, 0) is 58.7 Å². The molecule has 0 bridgehead atoms. The van der Waals surface area contributed by atoms with Gasteiger partial charge in [-0.2, -0.15) is 0 Å². The third-order valence-corrected chi connectivity index (χ3v) is 7.50. The predicted molar refractivity (Wildman–Crippen MR) is 144 cm³/mol. The van der Waals surface area contributed by atoms with Crippen molar-refractivity contribution in [3.05, 3.63) is 48.2 Å². The maximum atomic E-state index is 6.80. The molecule has 8 atom stereocenters. The van der Waals surface area contributed by atoms with Crippen LogP contribution in [0, 0.1) is 0 Å². The Morgan fingerprint density at radius 1 is 0.854 bits per heavy atom. The van der Waals surface area contributed by atoms with E-state index in [-0.39, 0.29) is 6.61 Å². The lowest BCUT2D eigenvalue weighted by Gasteiger charge is -2.42. The highest BCUT2D eigenvalue weighted by Gasteiger charge is 2.58. The van der Waals surface area contributed by atoms with Crippen molar-refractivity contribution in [2.75, 3.05) is 20.8 Å². The zero-order chi connectivity index (χ0) is 29.6. The maximum Gasteiger partial charge on any atom is 0.229 e. The van der Waals surface area contributed by atoms with Gasteiger partial charge in [0, 0.05) is 14.2 Å². The SMILES string of the molecule is C=C1O[C@@H](O[C@@H]([C@@H]2OC(C)(C)O[C@H]2C(OC)OC)[C@H]2COC(C)(C)O2)[C@H](OCc2ccccc2)[C@H]2OC(C)(C)O[C@@H]12. The number of rotatable bonds is 10. The molecule has 11 heteroatoms. The van der Waals surface area contributed by atoms with Crippen LogP contribution in [-0.4, -0.2) is 93.5 Å². The van der Waals surface area contributed by atoms with Crippen LogP contribution in [0.25, 0.3) is 0 Å². The van der Waals surface area contributed by atoms with E-state index in [2.05, 4.69) is 6.58 Å². The zero-order valence-corrected chi connectivity index (χ0v) is 25.2. The molecule has 0 amide bonds. The number of methoxy groups -OCH3 is 2. The highest BCUT2D eigenvalue weighted by molar-refractivity contribution is 5.14. The normalized spacial score (nSPS) is 36.3. The molecule has 0 radical (unpaired) electrons. The summed E-state index contributed by atoms with van der Waals surface area (Å²) in [5.41, 5.74) is 0.994. The van der Waals surface area contributed by atoms with Gasteiger partial charge in [0.05, 0.1) is 13.2 Å². The Labute approximate surface area is 242 Å². The molecule has 0 unspecified atom stereocenters. The second-order valence-corrected chi connectivity index (χ2v) is 12.1. The number of benzene rings is 1. The Balaban J connectivity index is 1.46. The van der Waals surface area contributed by atoms with Crippen LogP contribution in [0.4, 0.5) is 0 Å². The first-order valence-corrected chi connectivity index (χ1v) is 14.1. The second kappa shape index (κ2) is 11.8. The van der Waals surface area contributed by atoms with Crippen molar-refractivity contribution < 1.29 is 52.1 Å². The van der Waals surface area contributed by atoms with Crippen molar-refractivity contribution >= 4 is 0 Å². The Hall–Kier alpha value is -1.64. The van der Waals surface area contributed by atoms with Crippen LogP contribution in [0.3, 0.4) is 0 Å². The minimum Gasteiger partial charge on any atom is -0.464 e. The van der Waals surface area contributed by atoms with Crippen LogP contribution in [0.1, 0.15) is 47.1 Å². The minimum absolute atomic E-state index is 0.261. The summed E-state index contributed by atoms with van der Waals surface area (Å²) >= 11 is 0. The molecule has 4 fully saturated rings. The summed E-state index contributed by atoms with van der Waals surface area (Å²) in [7, 11) is 3.10. The van der Waals surface area contributed by atoms with Crippen LogP contribution >= 0.6 is 0 Å². The van der Waals surface area contributed by atoms with Gasteiger partial charge in [0.25, 0.3) is 0 Å². The van der Waals surface area contributed by atoms with E-state index in [9.17, 15) is 0 Å². The number of ether oxygens (including phenoxy) is 11. The van der Waals surface area contributed by atoms with Gasteiger partial charge in [-0.25, -0.2) is 0 Å². The molecule has 0 saturated carbocycles. The molecule has 1 aromatic carbocycles. The first kappa shape index (κ1) is 30.8. The Morgan fingerprint density at radius 3 is 2.15 bits per heavy atom. The quantitative estimate of drug-likeness (QED) is 0.379. The molecule has 11 nitrogen and oxygen atoms in total. The molecule has 0 spiro atoms. The van der Waals surface area contributed by atoms with E-state index in [1.807, 2.05) is 71.9 Å². The summed E-state index contributed by atoms with van der Waals surface area (Å²) in [4.78, 5) is 0. The topological polar surface area (TPSA) is 102 Å². The van der Waals surface area contributed by atoms with E-state index in [1.54, 1.807) is 14.2 Å². The van der Waals surface area contributed by atoms with Gasteiger partial charge in [-0.15, -0.1) is 0 Å². The molecule has 0 aromatic heterocycles. The van der Waals surface area contributed by atoms with Crippen molar-refractivity contribution in [2.24, 2.45) is 0 Å². The van der Waals surface area contributed by atoms with Crippen LogP contribution in [0.15, 0.2) is 42.7 Å². The molecule has 0 aliphatic carbocycles. The highest BCUT2D eigenvalue weighted by atomic mass is 16.8. The Kier molecular flexibility index (Phi) is 8.87. The number of fused-ring (bicyclic) bond motifs is 1. The first-order chi connectivity index (χ1) is 19.3. The molecule has 230 valence electrons. The molecule has 5 rings (SSSR count). The van der Waals surface area contributed by atoms with Crippen molar-refractivity contribution in [3.8, 4) is 0 Å². The largest absolute Gasteiger partial charge is 0.464 e. The standard InChI is InChI=1S/C30H44O11/c1-17-20-22(39-29(4,5)38-20)24(33-15-18-13-11-10-12-14-18)27(35-17)36-21(19-16-34-28(2,3)37-19)23-25(26(31-8)32-9)41-30(6,7)40-23/h10-14,19-27H,1,15-16H2,2-9H3/t19-,20+,21-,22+,23+,24-,25-,27+/m1/s1. The fourth-order valence-electron chi connectivity index (χ4n) is 5.82. The van der Waals surface area contributed by atoms with E-state index in [0.717, 1.165) is 5.56 Å². The van der Waals surface area contributed by atoms with Gasteiger partial charge in [-0.1, -0.05) is 36.9 Å². The summed E-state index contributed by atoms with van der Waals surface area (Å²) < 4.78 is 68.1. The monoisotopic (exact) mass is 580 g/mol. The third-order valence-electron chi connectivity index (χ3n) is 7.50. The Bertz CT molecular complexity index is 1040. The van der Waals surface area contributed by atoms with Gasteiger partial charge in [-0.05, 0) is 47.1 Å². The average molecular weight is 581 g/mol. The van der Waals surface area contributed by atoms with Gasteiger partial charge < -0.3 is 52.1 Å². The summed E-state index contributed by atoms with van der Waals surface area (Å²) in [6, 6.07) is 9.87. The lowest BCUT2D eigenvalue weighted by atomic mass is 10.00. The van der Waals surface area contributed by atoms with Crippen LogP contribution < -0.4 is 0 Å². The fraction of sp³-hybridized carbons (Fsp3) is 0.733. The molecular formula is C30H44O11. The van der Waals surface area contributed by atoms with Gasteiger partial charge in [0.15, 0.2) is 23.7 Å². The summed E-state index contributed by atoms with van der Waals surface area (Å²) in [5, 5.41) is 0. The fourth-order valence-corrected chi connectivity index (χ4v) is 5.82. The summed E-state index contributed by atoms with van der Waals surface area (Å²) in [5.74, 6) is -2.24. The Morgan fingerprint density at radius 2 is 1.51 bits per heavy atom. The van der Waals surface area contributed by atoms with Gasteiger partial charge in [0.1, 0.15) is 48.5 Å². The first-order valence-electron chi connectivity index (χ1n) is 14.1. The molecule has 1 aromatic rings. The van der Waals surface area contributed by atoms with Gasteiger partial charge in [-0.3, -0.25) is 0 Å². The third kappa shape index (κ3) is 6.80. The summed E-state index contributed by atoms with van der Waals surface area (Å²) in [6.07, 6.45) is -6.03. The molecule has 4 heterocycles. The zero-order valence-electron chi connectivity index (χ0n) is 25.2. The molecule has 0 N–H and O–H groups in total.